The summed E-state index contributed by atoms with van der Waals surface area (Å²) in [6, 6.07) is 6.85. The molecule has 1 fully saturated rings. The van der Waals surface area contributed by atoms with E-state index in [-0.39, 0.29) is 5.82 Å². The average molecular weight is 260 g/mol. The van der Waals surface area contributed by atoms with Crippen LogP contribution in [0.5, 0.6) is 0 Å². The van der Waals surface area contributed by atoms with E-state index in [9.17, 15) is 4.39 Å². The monoisotopic (exact) mass is 260 g/mol. The summed E-state index contributed by atoms with van der Waals surface area (Å²) in [5.74, 6) is 1.15. The van der Waals surface area contributed by atoms with Gasteiger partial charge < -0.3 is 9.88 Å². The first-order valence-corrected chi connectivity index (χ1v) is 6.66. The van der Waals surface area contributed by atoms with E-state index < -0.39 is 0 Å². The molecule has 1 aromatic heterocycles. The normalized spacial score (nSPS) is 19.5. The summed E-state index contributed by atoms with van der Waals surface area (Å²) in [4.78, 5) is 0. The highest BCUT2D eigenvalue weighted by Gasteiger charge is 2.20. The van der Waals surface area contributed by atoms with E-state index in [0.717, 1.165) is 31.8 Å². The van der Waals surface area contributed by atoms with Gasteiger partial charge in [0.15, 0.2) is 0 Å². The van der Waals surface area contributed by atoms with Crippen molar-refractivity contribution in [3.8, 4) is 0 Å². The topological polar surface area (TPSA) is 42.7 Å². The molecule has 0 bridgehead atoms. The fourth-order valence-corrected chi connectivity index (χ4v) is 2.58. The van der Waals surface area contributed by atoms with Crippen LogP contribution in [0.25, 0.3) is 0 Å². The number of piperidine rings is 1. The summed E-state index contributed by atoms with van der Waals surface area (Å²) in [5, 5.41) is 11.6. The van der Waals surface area contributed by atoms with E-state index in [0.29, 0.717) is 18.0 Å². The van der Waals surface area contributed by atoms with E-state index in [4.69, 9.17) is 0 Å². The summed E-state index contributed by atoms with van der Waals surface area (Å²) in [7, 11) is 0. The third-order valence-electron chi connectivity index (χ3n) is 3.61. The Kier molecular flexibility index (Phi) is 3.55. The minimum atomic E-state index is -0.177. The molecule has 2 heterocycles. The Balaban J connectivity index is 1.82. The van der Waals surface area contributed by atoms with E-state index in [1.165, 1.54) is 6.07 Å². The first-order valence-electron chi connectivity index (χ1n) is 6.66. The summed E-state index contributed by atoms with van der Waals surface area (Å²) in [6.45, 7) is 2.49. The lowest BCUT2D eigenvalue weighted by Gasteiger charge is -2.22. The molecule has 1 N–H and O–H groups in total. The fraction of sp³-hybridized carbons (Fsp3) is 0.429. The van der Waals surface area contributed by atoms with Gasteiger partial charge in [-0.15, -0.1) is 10.2 Å². The first-order chi connectivity index (χ1) is 9.34. The molecule has 0 spiro atoms. The molecule has 19 heavy (non-hydrogen) atoms. The van der Waals surface area contributed by atoms with Gasteiger partial charge in [0.2, 0.25) is 0 Å². The summed E-state index contributed by atoms with van der Waals surface area (Å²) in [6.07, 6.45) is 3.95. The maximum atomic E-state index is 13.7. The lowest BCUT2D eigenvalue weighted by Crippen LogP contribution is -2.30. The third-order valence-corrected chi connectivity index (χ3v) is 3.61. The zero-order valence-electron chi connectivity index (χ0n) is 10.7. The second-order valence-electron chi connectivity index (χ2n) is 4.95. The van der Waals surface area contributed by atoms with Crippen LogP contribution in [0.15, 0.2) is 30.6 Å². The third kappa shape index (κ3) is 2.66. The number of halogens is 1. The highest BCUT2D eigenvalue weighted by molar-refractivity contribution is 5.18. The van der Waals surface area contributed by atoms with Crippen LogP contribution in [0.1, 0.15) is 30.1 Å². The standard InChI is InChI=1S/C14H17FN4/c15-13-6-2-1-4-12(13)9-19-10-17-18-14(19)11-5-3-7-16-8-11/h1-2,4,6,10-11,16H,3,5,7-9H2/t11-/m0/s1. The maximum Gasteiger partial charge on any atom is 0.137 e. The number of benzene rings is 1. The van der Waals surface area contributed by atoms with Gasteiger partial charge in [0, 0.05) is 18.0 Å². The lowest BCUT2D eigenvalue weighted by atomic mass is 9.99. The Morgan fingerprint density at radius 3 is 3.05 bits per heavy atom. The van der Waals surface area contributed by atoms with Crippen molar-refractivity contribution in [2.24, 2.45) is 0 Å². The molecule has 0 amide bonds. The Morgan fingerprint density at radius 1 is 1.37 bits per heavy atom. The van der Waals surface area contributed by atoms with Crippen molar-refractivity contribution in [1.29, 1.82) is 0 Å². The minimum Gasteiger partial charge on any atom is -0.316 e. The van der Waals surface area contributed by atoms with Crippen molar-refractivity contribution in [2.45, 2.75) is 25.3 Å². The summed E-state index contributed by atoms with van der Waals surface area (Å²) in [5.41, 5.74) is 0.673. The molecule has 2 aromatic rings. The van der Waals surface area contributed by atoms with Crippen molar-refractivity contribution >= 4 is 0 Å². The van der Waals surface area contributed by atoms with Crippen molar-refractivity contribution in [3.63, 3.8) is 0 Å². The number of hydrogen-bond donors (Lipinski definition) is 1. The van der Waals surface area contributed by atoms with Crippen LogP contribution in [-0.2, 0) is 6.54 Å². The van der Waals surface area contributed by atoms with E-state index in [2.05, 4.69) is 15.5 Å². The van der Waals surface area contributed by atoms with E-state index in [1.54, 1.807) is 18.5 Å². The molecule has 1 aliphatic heterocycles. The second kappa shape index (κ2) is 5.48. The van der Waals surface area contributed by atoms with Gasteiger partial charge in [-0.3, -0.25) is 0 Å². The molecule has 100 valence electrons. The molecule has 0 unspecified atom stereocenters. The Morgan fingerprint density at radius 2 is 2.26 bits per heavy atom. The minimum absolute atomic E-state index is 0.177. The van der Waals surface area contributed by atoms with Crippen LogP contribution in [0.3, 0.4) is 0 Å². The summed E-state index contributed by atoms with van der Waals surface area (Å²) >= 11 is 0. The van der Waals surface area contributed by atoms with Crippen molar-refractivity contribution in [1.82, 2.24) is 20.1 Å². The fourth-order valence-electron chi connectivity index (χ4n) is 2.58. The number of nitrogens with one attached hydrogen (secondary N) is 1. The molecule has 1 aromatic carbocycles. The molecular weight excluding hydrogens is 243 g/mol. The Bertz CT molecular complexity index is 546. The van der Waals surface area contributed by atoms with Crippen LogP contribution < -0.4 is 5.32 Å². The van der Waals surface area contributed by atoms with Crippen molar-refractivity contribution < 1.29 is 4.39 Å². The largest absolute Gasteiger partial charge is 0.316 e. The molecule has 1 aliphatic rings. The number of hydrogen-bond acceptors (Lipinski definition) is 3. The molecule has 1 atom stereocenters. The SMILES string of the molecule is Fc1ccccc1Cn1cnnc1[C@H]1CCCNC1. The van der Waals surface area contributed by atoms with Gasteiger partial charge in [-0.1, -0.05) is 18.2 Å². The van der Waals surface area contributed by atoms with Crippen molar-refractivity contribution in [2.75, 3.05) is 13.1 Å². The molecule has 0 aliphatic carbocycles. The van der Waals surface area contributed by atoms with Gasteiger partial charge in [-0.2, -0.15) is 0 Å². The Hall–Kier alpha value is -1.75. The van der Waals surface area contributed by atoms with Crippen LogP contribution in [0.2, 0.25) is 0 Å². The molecule has 4 nitrogen and oxygen atoms in total. The van der Waals surface area contributed by atoms with Gasteiger partial charge in [0.25, 0.3) is 0 Å². The number of nitrogens with zero attached hydrogens (tertiary/aromatic N) is 3. The van der Waals surface area contributed by atoms with Crippen LogP contribution in [-0.4, -0.2) is 27.9 Å². The van der Waals surface area contributed by atoms with Gasteiger partial charge in [-0.05, 0) is 25.5 Å². The van der Waals surface area contributed by atoms with Crippen molar-refractivity contribution in [3.05, 3.63) is 47.8 Å². The quantitative estimate of drug-likeness (QED) is 0.917. The zero-order chi connectivity index (χ0) is 13.1. The summed E-state index contributed by atoms with van der Waals surface area (Å²) < 4.78 is 15.6. The first kappa shape index (κ1) is 12.3. The highest BCUT2D eigenvalue weighted by Crippen LogP contribution is 2.22. The van der Waals surface area contributed by atoms with E-state index in [1.807, 2.05) is 10.6 Å². The van der Waals surface area contributed by atoms with Crippen LogP contribution in [0, 0.1) is 5.82 Å². The number of rotatable bonds is 3. The van der Waals surface area contributed by atoms with Crippen LogP contribution >= 0.6 is 0 Å². The molecular formula is C14H17FN4. The van der Waals surface area contributed by atoms with Gasteiger partial charge in [0.1, 0.15) is 18.0 Å². The van der Waals surface area contributed by atoms with Crippen LogP contribution in [0.4, 0.5) is 4.39 Å². The number of aromatic nitrogens is 3. The average Bonchev–Trinajstić information content (AvgIpc) is 2.91. The zero-order valence-corrected chi connectivity index (χ0v) is 10.7. The second-order valence-corrected chi connectivity index (χ2v) is 4.95. The van der Waals surface area contributed by atoms with Gasteiger partial charge in [-0.25, -0.2) is 4.39 Å². The van der Waals surface area contributed by atoms with E-state index >= 15 is 0 Å². The predicted octanol–water partition coefficient (Wildman–Crippen LogP) is 1.93. The smallest absolute Gasteiger partial charge is 0.137 e. The molecule has 0 saturated carbocycles. The molecule has 1 saturated heterocycles. The lowest BCUT2D eigenvalue weighted by molar-refractivity contribution is 0.434. The molecule has 0 radical (unpaired) electrons. The molecule has 5 heteroatoms. The Labute approximate surface area is 111 Å². The van der Waals surface area contributed by atoms with Gasteiger partial charge in [0.05, 0.1) is 6.54 Å². The predicted molar refractivity (Wildman–Crippen MR) is 70.4 cm³/mol. The maximum absolute atomic E-state index is 13.7. The van der Waals surface area contributed by atoms with Gasteiger partial charge >= 0.3 is 0 Å². The highest BCUT2D eigenvalue weighted by atomic mass is 19.1. The molecule has 3 rings (SSSR count).